The van der Waals surface area contributed by atoms with Gasteiger partial charge in [-0.2, -0.15) is 11.8 Å². The molecule has 0 aliphatic heterocycles. The first-order valence-electron chi connectivity index (χ1n) is 6.60. The van der Waals surface area contributed by atoms with Gasteiger partial charge in [0.05, 0.1) is 11.5 Å². The zero-order valence-corrected chi connectivity index (χ0v) is 14.1. The quantitative estimate of drug-likeness (QED) is 0.766. The van der Waals surface area contributed by atoms with Gasteiger partial charge in [0.1, 0.15) is 0 Å². The van der Waals surface area contributed by atoms with Gasteiger partial charge in [-0.1, -0.05) is 6.92 Å². The summed E-state index contributed by atoms with van der Waals surface area (Å²) < 4.78 is 28.8. The summed E-state index contributed by atoms with van der Waals surface area (Å²) in [6.45, 7) is 6.88. The molecular weight excluding hydrogens is 296 g/mol. The summed E-state index contributed by atoms with van der Waals surface area (Å²) in [5, 5.41) is 9.28. The Morgan fingerprint density at radius 3 is 2.60 bits per heavy atom. The molecule has 20 heavy (non-hydrogen) atoms. The number of thioether (sulfide) groups is 1. The normalized spacial score (nSPS) is 12.8. The van der Waals surface area contributed by atoms with E-state index in [-0.39, 0.29) is 16.2 Å². The number of rotatable bonds is 8. The molecule has 5 nitrogen and oxygen atoms in total. The van der Waals surface area contributed by atoms with Gasteiger partial charge in [0.25, 0.3) is 0 Å². The smallest absolute Gasteiger partial charge is 0.242 e. The summed E-state index contributed by atoms with van der Waals surface area (Å²) >= 11 is 1.61. The van der Waals surface area contributed by atoms with Crippen molar-refractivity contribution < 1.29 is 13.5 Å². The van der Waals surface area contributed by atoms with E-state index in [0.29, 0.717) is 18.8 Å². The van der Waals surface area contributed by atoms with Gasteiger partial charge in [0.2, 0.25) is 10.0 Å². The molecule has 0 fully saturated rings. The number of nitrogens with zero attached hydrogens (tertiary/aromatic N) is 1. The molecule has 0 saturated carbocycles. The van der Waals surface area contributed by atoms with Crippen molar-refractivity contribution in [1.82, 2.24) is 9.29 Å². The molecule has 0 spiro atoms. The first-order valence-corrected chi connectivity index (χ1v) is 9.31. The Hall–Kier alpha value is -0.500. The molecule has 2 N–H and O–H groups in total. The highest BCUT2D eigenvalue weighted by molar-refractivity contribution is 8.00. The minimum absolute atomic E-state index is 0.154. The van der Waals surface area contributed by atoms with Crippen LogP contribution in [0.1, 0.15) is 32.9 Å². The van der Waals surface area contributed by atoms with Crippen molar-refractivity contribution in [2.24, 2.45) is 0 Å². The monoisotopic (exact) mass is 320 g/mol. The summed E-state index contributed by atoms with van der Waals surface area (Å²) in [5.41, 5.74) is 0.622. The number of aliphatic hydroxyl groups is 1. The average molecular weight is 320 g/mol. The fraction of sp³-hybridized carbons (Fsp3) is 0.692. The van der Waals surface area contributed by atoms with Crippen LogP contribution < -0.4 is 4.72 Å². The van der Waals surface area contributed by atoms with E-state index in [1.165, 1.54) is 6.07 Å². The van der Waals surface area contributed by atoms with Crippen molar-refractivity contribution in [2.75, 3.05) is 12.8 Å². The van der Waals surface area contributed by atoms with Crippen LogP contribution in [0.3, 0.4) is 0 Å². The number of nitrogens with one attached hydrogen (secondary N) is 1. The minimum atomic E-state index is -3.53. The number of aliphatic hydroxyl groups excluding tert-OH is 1. The lowest BCUT2D eigenvalue weighted by molar-refractivity contribution is 0.270. The topological polar surface area (TPSA) is 71.3 Å². The molecule has 1 aromatic heterocycles. The molecule has 0 aliphatic carbocycles. The van der Waals surface area contributed by atoms with Crippen LogP contribution in [0.25, 0.3) is 0 Å². The Balaban J connectivity index is 2.92. The highest BCUT2D eigenvalue weighted by Crippen LogP contribution is 2.21. The van der Waals surface area contributed by atoms with Crippen LogP contribution in [0.4, 0.5) is 0 Å². The van der Waals surface area contributed by atoms with Gasteiger partial charge in [0.15, 0.2) is 0 Å². The predicted octanol–water partition coefficient (Wildman–Crippen LogP) is 1.81. The van der Waals surface area contributed by atoms with E-state index in [2.05, 4.69) is 4.72 Å². The van der Waals surface area contributed by atoms with Gasteiger partial charge in [0, 0.05) is 29.7 Å². The van der Waals surface area contributed by atoms with E-state index in [1.54, 1.807) is 22.5 Å². The van der Waals surface area contributed by atoms with E-state index in [9.17, 15) is 13.5 Å². The van der Waals surface area contributed by atoms with Crippen molar-refractivity contribution in [2.45, 2.75) is 50.0 Å². The van der Waals surface area contributed by atoms with Crippen LogP contribution in [0.2, 0.25) is 0 Å². The van der Waals surface area contributed by atoms with Crippen molar-refractivity contribution in [3.63, 3.8) is 0 Å². The Morgan fingerprint density at radius 1 is 1.45 bits per heavy atom. The second kappa shape index (κ2) is 6.98. The van der Waals surface area contributed by atoms with E-state index >= 15 is 0 Å². The zero-order valence-electron chi connectivity index (χ0n) is 12.5. The number of hydrogen-bond donors (Lipinski definition) is 2. The second-order valence-electron chi connectivity index (χ2n) is 5.31. The molecule has 0 saturated heterocycles. The SMILES string of the molecule is CCCn1cc(S(=O)(=O)NCC(C)(C)SC)cc1CO. The standard InChI is InChI=1S/C13H24N2O3S2/c1-5-6-15-8-12(7-11(15)9-16)20(17,18)14-10-13(2,3)19-4/h7-8,14,16H,5-6,9-10H2,1-4H3. The molecule has 0 amide bonds. The molecule has 116 valence electrons. The number of aryl methyl sites for hydroxylation is 1. The third-order valence-corrected chi connectivity index (χ3v) is 5.76. The summed E-state index contributed by atoms with van der Waals surface area (Å²) in [6, 6.07) is 1.53. The van der Waals surface area contributed by atoms with Crippen LogP contribution in [0.5, 0.6) is 0 Å². The first-order chi connectivity index (χ1) is 9.25. The number of aromatic nitrogens is 1. The van der Waals surface area contributed by atoms with Gasteiger partial charge >= 0.3 is 0 Å². The minimum Gasteiger partial charge on any atom is -0.390 e. The second-order valence-corrected chi connectivity index (χ2v) is 8.59. The van der Waals surface area contributed by atoms with Crippen molar-refractivity contribution >= 4 is 21.8 Å². The molecule has 0 aromatic carbocycles. The molecule has 0 radical (unpaired) electrons. The molecule has 7 heteroatoms. The maximum Gasteiger partial charge on any atom is 0.242 e. The fourth-order valence-electron chi connectivity index (χ4n) is 1.68. The van der Waals surface area contributed by atoms with Crippen molar-refractivity contribution in [3.8, 4) is 0 Å². The highest BCUT2D eigenvalue weighted by Gasteiger charge is 2.23. The largest absolute Gasteiger partial charge is 0.390 e. The van der Waals surface area contributed by atoms with Gasteiger partial charge in [-0.05, 0) is 32.6 Å². The van der Waals surface area contributed by atoms with Crippen LogP contribution in [-0.2, 0) is 23.2 Å². The van der Waals surface area contributed by atoms with Crippen LogP contribution in [0.15, 0.2) is 17.2 Å². The Labute approximate surface area is 125 Å². The Bertz CT molecular complexity index is 536. The Kier molecular flexibility index (Phi) is 6.12. The third kappa shape index (κ3) is 4.51. The molecule has 1 heterocycles. The molecule has 0 unspecified atom stereocenters. The molecule has 1 rings (SSSR count). The first kappa shape index (κ1) is 17.6. The van der Waals surface area contributed by atoms with Gasteiger partial charge in [-0.15, -0.1) is 0 Å². The lowest BCUT2D eigenvalue weighted by atomic mass is 10.2. The van der Waals surface area contributed by atoms with E-state index in [4.69, 9.17) is 0 Å². The predicted molar refractivity (Wildman–Crippen MR) is 83.4 cm³/mol. The molecule has 0 bridgehead atoms. The van der Waals surface area contributed by atoms with Crippen LogP contribution in [0, 0.1) is 0 Å². The van der Waals surface area contributed by atoms with Gasteiger partial charge in [-0.25, -0.2) is 13.1 Å². The maximum atomic E-state index is 12.3. The summed E-state index contributed by atoms with van der Waals surface area (Å²) in [4.78, 5) is 0.215. The average Bonchev–Trinajstić information content (AvgIpc) is 2.81. The molecular formula is C13H24N2O3S2. The summed E-state index contributed by atoms with van der Waals surface area (Å²) in [6.07, 6.45) is 4.42. The van der Waals surface area contributed by atoms with Gasteiger partial charge < -0.3 is 9.67 Å². The Morgan fingerprint density at radius 2 is 2.10 bits per heavy atom. The van der Waals surface area contributed by atoms with Gasteiger partial charge in [-0.3, -0.25) is 0 Å². The lowest BCUT2D eigenvalue weighted by Gasteiger charge is -2.21. The third-order valence-electron chi connectivity index (χ3n) is 3.14. The van der Waals surface area contributed by atoms with Crippen LogP contribution >= 0.6 is 11.8 Å². The van der Waals surface area contributed by atoms with Crippen molar-refractivity contribution in [1.29, 1.82) is 0 Å². The zero-order chi connectivity index (χ0) is 15.4. The van der Waals surface area contributed by atoms with Crippen molar-refractivity contribution in [3.05, 3.63) is 18.0 Å². The summed E-state index contributed by atoms with van der Waals surface area (Å²) in [5.74, 6) is 0. The molecule has 1 aromatic rings. The highest BCUT2D eigenvalue weighted by atomic mass is 32.2. The fourth-order valence-corrected chi connectivity index (χ4v) is 3.26. The molecule has 0 aliphatic rings. The molecule has 0 atom stereocenters. The number of hydrogen-bond acceptors (Lipinski definition) is 4. The maximum absolute atomic E-state index is 12.3. The summed E-state index contributed by atoms with van der Waals surface area (Å²) in [7, 11) is -3.53. The number of sulfonamides is 1. The van der Waals surface area contributed by atoms with E-state index in [0.717, 1.165) is 6.42 Å². The van der Waals surface area contributed by atoms with E-state index in [1.807, 2.05) is 27.0 Å². The lowest BCUT2D eigenvalue weighted by Crippen LogP contribution is -2.35. The van der Waals surface area contributed by atoms with Crippen LogP contribution in [-0.4, -0.2) is 35.6 Å². The van der Waals surface area contributed by atoms with E-state index < -0.39 is 10.0 Å².